The van der Waals surface area contributed by atoms with E-state index in [4.69, 9.17) is 14.0 Å². The Morgan fingerprint density at radius 1 is 1.00 bits per heavy atom. The molecule has 1 heterocycles. The largest absolute Gasteiger partial charge is 0.494 e. The van der Waals surface area contributed by atoms with Gasteiger partial charge in [0.25, 0.3) is 0 Å². The predicted molar refractivity (Wildman–Crippen MR) is 98.3 cm³/mol. The molecule has 1 aliphatic rings. The van der Waals surface area contributed by atoms with Crippen LogP contribution in [-0.4, -0.2) is 24.6 Å². The molecule has 0 amide bonds. The second kappa shape index (κ2) is 6.66. The van der Waals surface area contributed by atoms with Gasteiger partial charge in [0.15, 0.2) is 6.29 Å². The van der Waals surface area contributed by atoms with Crippen molar-refractivity contribution in [2.45, 2.75) is 45.5 Å². The molecule has 130 valence electrons. The fourth-order valence-corrected chi connectivity index (χ4v) is 2.65. The molecule has 0 saturated carbocycles. The molecular formula is C20H23BO4. The van der Waals surface area contributed by atoms with Crippen molar-refractivity contribution in [3.05, 3.63) is 59.7 Å². The minimum absolute atomic E-state index is 0.414. The highest BCUT2D eigenvalue weighted by Gasteiger charge is 2.51. The van der Waals surface area contributed by atoms with Crippen molar-refractivity contribution >= 4 is 18.9 Å². The van der Waals surface area contributed by atoms with Crippen molar-refractivity contribution < 1.29 is 18.8 Å². The van der Waals surface area contributed by atoms with Crippen molar-refractivity contribution in [1.82, 2.24) is 0 Å². The summed E-state index contributed by atoms with van der Waals surface area (Å²) < 4.78 is 17.9. The van der Waals surface area contributed by atoms with Gasteiger partial charge < -0.3 is 14.0 Å². The van der Waals surface area contributed by atoms with Gasteiger partial charge in [0.1, 0.15) is 12.4 Å². The second-order valence-electron chi connectivity index (χ2n) is 7.28. The highest BCUT2D eigenvalue weighted by Crippen LogP contribution is 2.36. The Labute approximate surface area is 149 Å². The average Bonchev–Trinajstić information content (AvgIpc) is 2.81. The fraction of sp³-hybridized carbons (Fsp3) is 0.350. The van der Waals surface area contributed by atoms with Crippen LogP contribution >= 0.6 is 0 Å². The molecule has 0 aliphatic carbocycles. The molecule has 2 aromatic carbocycles. The molecule has 0 radical (unpaired) electrons. The van der Waals surface area contributed by atoms with Gasteiger partial charge in [-0.15, -0.1) is 0 Å². The molecular weight excluding hydrogens is 315 g/mol. The molecule has 0 atom stereocenters. The zero-order valence-electron chi connectivity index (χ0n) is 15.1. The number of aldehydes is 1. The fourth-order valence-electron chi connectivity index (χ4n) is 2.65. The van der Waals surface area contributed by atoms with Crippen LogP contribution < -0.4 is 10.2 Å². The van der Waals surface area contributed by atoms with E-state index in [-0.39, 0.29) is 0 Å². The molecule has 4 nitrogen and oxygen atoms in total. The normalized spacial score (nSPS) is 18.2. The summed E-state index contributed by atoms with van der Waals surface area (Å²) in [6.45, 7) is 8.43. The third kappa shape index (κ3) is 3.62. The van der Waals surface area contributed by atoms with Crippen LogP contribution in [0.5, 0.6) is 5.75 Å². The van der Waals surface area contributed by atoms with E-state index < -0.39 is 18.3 Å². The minimum atomic E-state index is -0.494. The van der Waals surface area contributed by atoms with Crippen LogP contribution in [0.4, 0.5) is 0 Å². The lowest BCUT2D eigenvalue weighted by molar-refractivity contribution is 0.00578. The lowest BCUT2D eigenvalue weighted by Crippen LogP contribution is -2.41. The number of carbonyl (C=O) groups excluding carboxylic acids is 1. The maximum Gasteiger partial charge on any atom is 0.494 e. The topological polar surface area (TPSA) is 44.8 Å². The Hall–Kier alpha value is -2.11. The average molecular weight is 338 g/mol. The summed E-state index contributed by atoms with van der Waals surface area (Å²) in [6.07, 6.45) is 0.801. The highest BCUT2D eigenvalue weighted by atomic mass is 16.7. The van der Waals surface area contributed by atoms with E-state index >= 15 is 0 Å². The summed E-state index contributed by atoms with van der Waals surface area (Å²) in [4.78, 5) is 11.5. The van der Waals surface area contributed by atoms with E-state index in [1.165, 1.54) is 0 Å². The second-order valence-corrected chi connectivity index (χ2v) is 7.28. The summed E-state index contributed by atoms with van der Waals surface area (Å²) in [5.41, 5.74) is 1.52. The van der Waals surface area contributed by atoms with Gasteiger partial charge in [-0.1, -0.05) is 36.4 Å². The lowest BCUT2D eigenvalue weighted by Gasteiger charge is -2.32. The zero-order chi connectivity index (χ0) is 18.1. The smallest absolute Gasteiger partial charge is 0.488 e. The number of hydrogen-bond acceptors (Lipinski definition) is 4. The van der Waals surface area contributed by atoms with Crippen molar-refractivity contribution in [1.29, 1.82) is 0 Å². The van der Waals surface area contributed by atoms with E-state index in [2.05, 4.69) is 0 Å². The molecule has 1 fully saturated rings. The molecule has 1 aliphatic heterocycles. The van der Waals surface area contributed by atoms with Gasteiger partial charge in [0, 0.05) is 0 Å². The van der Waals surface area contributed by atoms with Crippen molar-refractivity contribution in [2.24, 2.45) is 0 Å². The van der Waals surface area contributed by atoms with Gasteiger partial charge in [0.2, 0.25) is 0 Å². The Balaban J connectivity index is 1.77. The third-order valence-corrected chi connectivity index (χ3v) is 4.92. The van der Waals surface area contributed by atoms with E-state index in [0.29, 0.717) is 17.9 Å². The molecule has 3 rings (SSSR count). The maximum absolute atomic E-state index is 11.5. The van der Waals surface area contributed by atoms with Crippen LogP contribution in [0.25, 0.3) is 0 Å². The van der Waals surface area contributed by atoms with Gasteiger partial charge in [-0.05, 0) is 50.9 Å². The molecule has 0 spiro atoms. The summed E-state index contributed by atoms with van der Waals surface area (Å²) in [6, 6.07) is 15.3. The van der Waals surface area contributed by atoms with E-state index in [9.17, 15) is 4.79 Å². The lowest BCUT2D eigenvalue weighted by atomic mass is 9.78. The van der Waals surface area contributed by atoms with Gasteiger partial charge in [-0.3, -0.25) is 4.79 Å². The molecule has 1 saturated heterocycles. The van der Waals surface area contributed by atoms with Crippen LogP contribution in [0.1, 0.15) is 43.6 Å². The van der Waals surface area contributed by atoms with Crippen molar-refractivity contribution in [2.75, 3.05) is 0 Å². The van der Waals surface area contributed by atoms with Gasteiger partial charge in [-0.25, -0.2) is 0 Å². The Morgan fingerprint density at radius 3 is 2.24 bits per heavy atom. The van der Waals surface area contributed by atoms with Crippen LogP contribution in [0.2, 0.25) is 0 Å². The first-order valence-corrected chi connectivity index (χ1v) is 8.44. The maximum atomic E-state index is 11.5. The van der Waals surface area contributed by atoms with Crippen molar-refractivity contribution in [3.8, 4) is 5.75 Å². The number of hydrogen-bond donors (Lipinski definition) is 0. The Kier molecular flexibility index (Phi) is 4.72. The Bertz CT molecular complexity index is 740. The molecule has 0 aromatic heterocycles. The summed E-state index contributed by atoms with van der Waals surface area (Å²) in [5.74, 6) is 0.555. The summed E-state index contributed by atoms with van der Waals surface area (Å²) in [5, 5.41) is 0. The highest BCUT2D eigenvalue weighted by molar-refractivity contribution is 6.62. The third-order valence-electron chi connectivity index (χ3n) is 4.92. The van der Waals surface area contributed by atoms with Gasteiger partial charge in [-0.2, -0.15) is 0 Å². The van der Waals surface area contributed by atoms with Gasteiger partial charge >= 0.3 is 7.12 Å². The van der Waals surface area contributed by atoms with Crippen LogP contribution in [0.15, 0.2) is 48.5 Å². The SMILES string of the molecule is CC1(C)OB(c2ccc(OCc3ccccc3)c(C=O)c2)OC1(C)C. The van der Waals surface area contributed by atoms with Crippen LogP contribution in [-0.2, 0) is 15.9 Å². The molecule has 2 aromatic rings. The molecule has 5 heteroatoms. The molecule has 0 bridgehead atoms. The molecule has 25 heavy (non-hydrogen) atoms. The number of benzene rings is 2. The van der Waals surface area contributed by atoms with Gasteiger partial charge in [0.05, 0.1) is 16.8 Å². The zero-order valence-corrected chi connectivity index (χ0v) is 15.1. The van der Waals surface area contributed by atoms with E-state index in [0.717, 1.165) is 17.3 Å². The minimum Gasteiger partial charge on any atom is -0.488 e. The van der Waals surface area contributed by atoms with Crippen LogP contribution in [0.3, 0.4) is 0 Å². The monoisotopic (exact) mass is 338 g/mol. The standard InChI is InChI=1S/C20H23BO4/c1-19(2)20(3,4)25-21(24-19)17-10-11-18(16(12-17)13-22)23-14-15-8-6-5-7-9-15/h5-13H,14H2,1-4H3. The first kappa shape index (κ1) is 17.7. The quantitative estimate of drug-likeness (QED) is 0.619. The Morgan fingerprint density at radius 2 is 1.64 bits per heavy atom. The van der Waals surface area contributed by atoms with E-state index in [1.54, 1.807) is 12.1 Å². The molecule has 0 N–H and O–H groups in total. The number of carbonyl (C=O) groups is 1. The summed E-state index contributed by atoms with van der Waals surface area (Å²) in [7, 11) is -0.494. The number of rotatable bonds is 5. The first-order valence-electron chi connectivity index (χ1n) is 8.44. The first-order chi connectivity index (χ1) is 11.8. The summed E-state index contributed by atoms with van der Waals surface area (Å²) >= 11 is 0. The predicted octanol–water partition coefficient (Wildman–Crippen LogP) is 3.38. The molecule has 0 unspecified atom stereocenters. The van der Waals surface area contributed by atoms with E-state index in [1.807, 2.05) is 64.1 Å². The van der Waals surface area contributed by atoms with Crippen LogP contribution in [0, 0.1) is 0 Å². The van der Waals surface area contributed by atoms with Crippen molar-refractivity contribution in [3.63, 3.8) is 0 Å². The number of ether oxygens (including phenoxy) is 1.